The smallest absolute Gasteiger partial charge is 0.321 e. The van der Waals surface area contributed by atoms with Crippen molar-refractivity contribution in [2.45, 2.75) is 19.5 Å². The molecule has 3 aromatic carbocycles. The normalized spacial score (nSPS) is 14.0. The van der Waals surface area contributed by atoms with Gasteiger partial charge in [0, 0.05) is 26.6 Å². The maximum atomic E-state index is 13.3. The Hall–Kier alpha value is -4.47. The van der Waals surface area contributed by atoms with Crippen molar-refractivity contribution in [3.05, 3.63) is 112 Å². The predicted octanol–water partition coefficient (Wildman–Crippen LogP) is 6.89. The van der Waals surface area contributed by atoms with Gasteiger partial charge in [-0.2, -0.15) is 0 Å². The minimum atomic E-state index is -0.865. The molecule has 0 radical (unpaired) electrons. The van der Waals surface area contributed by atoms with Crippen LogP contribution in [0.3, 0.4) is 0 Å². The lowest BCUT2D eigenvalue weighted by Gasteiger charge is -2.16. The van der Waals surface area contributed by atoms with Gasteiger partial charge in [0.1, 0.15) is 10.8 Å². The number of methoxy groups -OCH3 is 1. The molecule has 2 N–H and O–H groups in total. The van der Waals surface area contributed by atoms with Crippen LogP contribution in [-0.2, 0) is 6.42 Å². The molecule has 3 heterocycles. The summed E-state index contributed by atoms with van der Waals surface area (Å²) in [7, 11) is 1.56. The van der Waals surface area contributed by atoms with E-state index in [9.17, 15) is 4.79 Å². The van der Waals surface area contributed by atoms with Crippen LogP contribution in [-0.4, -0.2) is 33.6 Å². The van der Waals surface area contributed by atoms with E-state index in [1.807, 2.05) is 71.3 Å². The van der Waals surface area contributed by atoms with Gasteiger partial charge in [0.15, 0.2) is 17.8 Å². The minimum Gasteiger partial charge on any atom is -0.495 e. The molecule has 200 valence electrons. The second-order valence-electron chi connectivity index (χ2n) is 9.03. The summed E-state index contributed by atoms with van der Waals surface area (Å²) in [6.07, 6.45) is -0.00942. The number of rotatable bonds is 6. The highest BCUT2D eigenvalue weighted by molar-refractivity contribution is 7.15. The molecule has 2 amide bonds. The number of carbonyl (C=O) groups excluding carboxylic acids is 1. The van der Waals surface area contributed by atoms with Crippen LogP contribution in [0.15, 0.2) is 89.9 Å². The van der Waals surface area contributed by atoms with E-state index >= 15 is 0 Å². The minimum absolute atomic E-state index is 0.466. The molecular weight excluding hydrogens is 544 g/mol. The maximum Gasteiger partial charge on any atom is 0.321 e. The lowest BCUT2D eigenvalue weighted by Crippen LogP contribution is -2.33. The van der Waals surface area contributed by atoms with Gasteiger partial charge in [-0.25, -0.2) is 4.79 Å². The van der Waals surface area contributed by atoms with Crippen molar-refractivity contribution in [3.63, 3.8) is 0 Å². The second kappa shape index (κ2) is 11.0. The number of urea groups is 1. The highest BCUT2D eigenvalue weighted by atomic mass is 35.5. The standard InChI is InChI=1S/C30H25ClN6O2S/c1-3-19-17-21-25(20-13-7-8-14-22(20)31)33-26(34-30(38)32-23-15-9-10-16-24(23)39-2)28-36-35-27(37(28)29(21)40-19)18-11-5-4-6-12-18/h4-17,26H,3H2,1-2H3,(H2,32,34,38). The molecule has 10 heteroatoms. The average molecular weight is 569 g/mol. The molecule has 2 aromatic heterocycles. The summed E-state index contributed by atoms with van der Waals surface area (Å²) in [5.41, 5.74) is 3.77. The van der Waals surface area contributed by atoms with Gasteiger partial charge in [-0.15, -0.1) is 21.5 Å². The van der Waals surface area contributed by atoms with Gasteiger partial charge in [-0.3, -0.25) is 9.56 Å². The number of anilines is 1. The van der Waals surface area contributed by atoms with Crippen LogP contribution in [0, 0.1) is 0 Å². The van der Waals surface area contributed by atoms with Crippen LogP contribution in [0.4, 0.5) is 10.5 Å². The van der Waals surface area contributed by atoms with E-state index in [1.54, 1.807) is 30.6 Å². The number of ether oxygens (including phenoxy) is 1. The first kappa shape index (κ1) is 25.8. The highest BCUT2D eigenvalue weighted by Crippen LogP contribution is 2.39. The molecule has 6 rings (SSSR count). The van der Waals surface area contributed by atoms with Gasteiger partial charge in [-0.05, 0) is 30.7 Å². The number of aliphatic imine (C=N–C) groups is 1. The van der Waals surface area contributed by atoms with Crippen molar-refractivity contribution in [2.75, 3.05) is 12.4 Å². The summed E-state index contributed by atoms with van der Waals surface area (Å²) in [5, 5.41) is 16.5. The molecule has 0 spiro atoms. The van der Waals surface area contributed by atoms with Crippen LogP contribution in [0.1, 0.15) is 34.9 Å². The fraction of sp³-hybridized carbons (Fsp3) is 0.133. The number of thiophene rings is 1. The number of hydrogen-bond acceptors (Lipinski definition) is 6. The van der Waals surface area contributed by atoms with E-state index in [1.165, 1.54) is 4.88 Å². The molecule has 8 nitrogen and oxygen atoms in total. The number of carbonyl (C=O) groups is 1. The quantitative estimate of drug-likeness (QED) is 0.233. The van der Waals surface area contributed by atoms with Crippen molar-refractivity contribution in [1.29, 1.82) is 0 Å². The number of nitrogens with one attached hydrogen (secondary N) is 2. The van der Waals surface area contributed by atoms with Crippen LogP contribution < -0.4 is 15.4 Å². The summed E-state index contributed by atoms with van der Waals surface area (Å²) in [6.45, 7) is 2.12. The summed E-state index contributed by atoms with van der Waals surface area (Å²) in [6, 6.07) is 26.3. The average Bonchev–Trinajstić information content (AvgIpc) is 3.58. The van der Waals surface area contributed by atoms with E-state index in [4.69, 9.17) is 21.3 Å². The first-order valence-corrected chi connectivity index (χ1v) is 13.9. The fourth-order valence-electron chi connectivity index (χ4n) is 4.64. The summed E-state index contributed by atoms with van der Waals surface area (Å²) in [5.74, 6) is 1.69. The Bertz CT molecular complexity index is 1730. The molecule has 0 bridgehead atoms. The highest BCUT2D eigenvalue weighted by Gasteiger charge is 2.32. The molecule has 1 aliphatic heterocycles. The molecule has 0 aliphatic carbocycles. The Morgan fingerprint density at radius 3 is 2.52 bits per heavy atom. The molecule has 0 saturated carbocycles. The first-order valence-electron chi connectivity index (χ1n) is 12.7. The summed E-state index contributed by atoms with van der Waals surface area (Å²) in [4.78, 5) is 19.6. The zero-order valence-electron chi connectivity index (χ0n) is 21.8. The Morgan fingerprint density at radius 2 is 1.75 bits per heavy atom. The van der Waals surface area contributed by atoms with E-state index in [0.717, 1.165) is 28.1 Å². The third-order valence-electron chi connectivity index (χ3n) is 6.54. The van der Waals surface area contributed by atoms with Gasteiger partial charge in [0.25, 0.3) is 0 Å². The predicted molar refractivity (Wildman–Crippen MR) is 159 cm³/mol. The van der Waals surface area contributed by atoms with Crippen molar-refractivity contribution >= 4 is 40.4 Å². The number of fused-ring (bicyclic) bond motifs is 3. The molecule has 0 fully saturated rings. The Labute approximate surface area is 240 Å². The van der Waals surface area contributed by atoms with Crippen LogP contribution in [0.25, 0.3) is 16.4 Å². The SMILES string of the molecule is CCc1cc2c(s1)-n1c(-c3ccccc3)nnc1C(NC(=O)Nc1ccccc1OC)N=C2c1ccccc1Cl. The molecule has 40 heavy (non-hydrogen) atoms. The molecule has 5 aromatic rings. The molecule has 1 atom stereocenters. The van der Waals surface area contributed by atoms with Gasteiger partial charge >= 0.3 is 6.03 Å². The van der Waals surface area contributed by atoms with E-state index < -0.39 is 12.2 Å². The lowest BCUT2D eigenvalue weighted by atomic mass is 10.0. The first-order chi connectivity index (χ1) is 19.6. The summed E-state index contributed by atoms with van der Waals surface area (Å²) >= 11 is 8.35. The van der Waals surface area contributed by atoms with Gasteiger partial charge in [0.2, 0.25) is 0 Å². The second-order valence-corrected chi connectivity index (χ2v) is 10.5. The zero-order chi connectivity index (χ0) is 27.6. The lowest BCUT2D eigenvalue weighted by molar-refractivity contribution is 0.248. The van der Waals surface area contributed by atoms with E-state index in [-0.39, 0.29) is 0 Å². The van der Waals surface area contributed by atoms with E-state index in [2.05, 4.69) is 33.8 Å². The zero-order valence-corrected chi connectivity index (χ0v) is 23.3. The number of hydrogen-bond donors (Lipinski definition) is 2. The third kappa shape index (κ3) is 4.74. The number of aryl methyl sites for hydroxylation is 1. The number of nitrogens with zero attached hydrogens (tertiary/aromatic N) is 4. The van der Waals surface area contributed by atoms with Crippen LogP contribution in [0.2, 0.25) is 5.02 Å². The van der Waals surface area contributed by atoms with Crippen molar-refractivity contribution in [2.24, 2.45) is 4.99 Å². The Morgan fingerprint density at radius 1 is 1.00 bits per heavy atom. The molecular formula is C30H25ClN6O2S. The van der Waals surface area contributed by atoms with Crippen molar-refractivity contribution in [1.82, 2.24) is 20.1 Å². The number of amides is 2. The molecule has 0 saturated heterocycles. The third-order valence-corrected chi connectivity index (χ3v) is 8.14. The van der Waals surface area contributed by atoms with Crippen molar-refractivity contribution in [3.8, 4) is 22.1 Å². The largest absolute Gasteiger partial charge is 0.495 e. The van der Waals surface area contributed by atoms with Gasteiger partial charge in [-0.1, -0.05) is 79.2 Å². The van der Waals surface area contributed by atoms with E-state index in [0.29, 0.717) is 33.8 Å². The number of benzene rings is 3. The van der Waals surface area contributed by atoms with Crippen LogP contribution in [0.5, 0.6) is 5.75 Å². The number of para-hydroxylation sites is 2. The monoisotopic (exact) mass is 568 g/mol. The van der Waals surface area contributed by atoms with Gasteiger partial charge < -0.3 is 15.4 Å². The fourth-order valence-corrected chi connectivity index (χ4v) is 5.97. The maximum absolute atomic E-state index is 13.3. The number of aromatic nitrogens is 3. The Balaban J connectivity index is 1.52. The topological polar surface area (TPSA) is 93.4 Å². The van der Waals surface area contributed by atoms with Crippen LogP contribution >= 0.6 is 22.9 Å². The molecule has 1 unspecified atom stereocenters. The van der Waals surface area contributed by atoms with Gasteiger partial charge in [0.05, 0.1) is 18.5 Å². The number of halogens is 1. The summed E-state index contributed by atoms with van der Waals surface area (Å²) < 4.78 is 7.39. The van der Waals surface area contributed by atoms with Crippen molar-refractivity contribution < 1.29 is 9.53 Å². The Kier molecular flexibility index (Phi) is 7.06. The molecule has 1 aliphatic rings.